The molecule has 84 valence electrons. The third kappa shape index (κ3) is 1.55. The van der Waals surface area contributed by atoms with Crippen molar-refractivity contribution in [2.24, 2.45) is 5.41 Å². The van der Waals surface area contributed by atoms with Crippen LogP contribution in [-0.2, 0) is 9.53 Å². The van der Waals surface area contributed by atoms with Crippen LogP contribution in [0.5, 0.6) is 0 Å². The van der Waals surface area contributed by atoms with E-state index in [0.29, 0.717) is 18.3 Å². The number of ketones is 1. The number of hydrogen-bond donors (Lipinski definition) is 0. The van der Waals surface area contributed by atoms with E-state index in [0.717, 1.165) is 31.3 Å². The summed E-state index contributed by atoms with van der Waals surface area (Å²) in [6.45, 7) is 4.26. The first kappa shape index (κ1) is 10.9. The summed E-state index contributed by atoms with van der Waals surface area (Å²) in [6, 6.07) is 0. The van der Waals surface area contributed by atoms with Gasteiger partial charge in [-0.2, -0.15) is 0 Å². The standard InChI is InChI=1S/C13H20O2/c1-9-10-5-4-6-12(15-3)13(10,2)8-7-11(9)14/h12H,4-8H2,1-3H3. The van der Waals surface area contributed by atoms with Crippen molar-refractivity contribution in [3.8, 4) is 0 Å². The van der Waals surface area contributed by atoms with Crippen LogP contribution in [0.1, 0.15) is 46.0 Å². The van der Waals surface area contributed by atoms with Crippen LogP contribution in [0.3, 0.4) is 0 Å². The summed E-state index contributed by atoms with van der Waals surface area (Å²) in [7, 11) is 1.80. The number of hydrogen-bond acceptors (Lipinski definition) is 2. The summed E-state index contributed by atoms with van der Waals surface area (Å²) in [5.41, 5.74) is 2.52. The molecule has 0 spiro atoms. The molecule has 2 aliphatic carbocycles. The summed E-state index contributed by atoms with van der Waals surface area (Å²) in [5, 5.41) is 0. The Morgan fingerprint density at radius 3 is 2.80 bits per heavy atom. The van der Waals surface area contributed by atoms with Gasteiger partial charge >= 0.3 is 0 Å². The third-order valence-electron chi connectivity index (χ3n) is 4.32. The molecule has 0 N–H and O–H groups in total. The van der Waals surface area contributed by atoms with E-state index in [1.54, 1.807) is 7.11 Å². The summed E-state index contributed by atoms with van der Waals surface area (Å²) in [6.07, 6.45) is 5.37. The maximum Gasteiger partial charge on any atom is 0.158 e. The highest BCUT2D eigenvalue weighted by molar-refractivity contribution is 5.96. The van der Waals surface area contributed by atoms with E-state index in [1.807, 2.05) is 6.92 Å². The molecule has 0 radical (unpaired) electrons. The van der Waals surface area contributed by atoms with E-state index in [1.165, 1.54) is 5.57 Å². The van der Waals surface area contributed by atoms with Gasteiger partial charge in [0.2, 0.25) is 0 Å². The van der Waals surface area contributed by atoms with Gasteiger partial charge in [0.15, 0.2) is 5.78 Å². The first-order valence-corrected chi connectivity index (χ1v) is 5.86. The summed E-state index contributed by atoms with van der Waals surface area (Å²) in [5.74, 6) is 0.347. The van der Waals surface area contributed by atoms with Gasteiger partial charge in [-0.05, 0) is 38.2 Å². The zero-order chi connectivity index (χ0) is 11.1. The Kier molecular flexibility index (Phi) is 2.72. The molecule has 0 bridgehead atoms. The maximum atomic E-state index is 11.7. The largest absolute Gasteiger partial charge is 0.381 e. The fourth-order valence-corrected chi connectivity index (χ4v) is 3.30. The number of rotatable bonds is 1. The van der Waals surface area contributed by atoms with Crippen LogP contribution in [0.2, 0.25) is 0 Å². The lowest BCUT2D eigenvalue weighted by atomic mass is 9.62. The molecular weight excluding hydrogens is 188 g/mol. The summed E-state index contributed by atoms with van der Waals surface area (Å²) in [4.78, 5) is 11.7. The number of carbonyl (C=O) groups excluding carboxylic acids is 1. The van der Waals surface area contributed by atoms with Crippen molar-refractivity contribution in [3.05, 3.63) is 11.1 Å². The number of ether oxygens (including phenoxy) is 1. The van der Waals surface area contributed by atoms with E-state index < -0.39 is 0 Å². The van der Waals surface area contributed by atoms with Crippen LogP contribution in [0.4, 0.5) is 0 Å². The topological polar surface area (TPSA) is 26.3 Å². The molecule has 2 unspecified atom stereocenters. The number of allylic oxidation sites excluding steroid dienone is 1. The van der Waals surface area contributed by atoms with Crippen LogP contribution in [0.15, 0.2) is 11.1 Å². The van der Waals surface area contributed by atoms with Gasteiger partial charge in [-0.15, -0.1) is 0 Å². The molecule has 2 aliphatic rings. The number of fused-ring (bicyclic) bond motifs is 1. The molecule has 0 aromatic carbocycles. The first-order valence-electron chi connectivity index (χ1n) is 5.86. The molecule has 0 saturated heterocycles. The van der Waals surface area contributed by atoms with E-state index in [2.05, 4.69) is 6.92 Å². The Balaban J connectivity index is 2.42. The Morgan fingerprint density at radius 2 is 2.13 bits per heavy atom. The van der Waals surface area contributed by atoms with Gasteiger partial charge in [0.25, 0.3) is 0 Å². The average molecular weight is 208 g/mol. The Morgan fingerprint density at radius 1 is 1.40 bits per heavy atom. The van der Waals surface area contributed by atoms with E-state index in [4.69, 9.17) is 4.74 Å². The van der Waals surface area contributed by atoms with Crippen molar-refractivity contribution < 1.29 is 9.53 Å². The highest BCUT2D eigenvalue weighted by Gasteiger charge is 2.44. The van der Waals surface area contributed by atoms with Crippen molar-refractivity contribution in [3.63, 3.8) is 0 Å². The Labute approximate surface area is 91.7 Å². The molecule has 0 heterocycles. The second-order valence-electron chi connectivity index (χ2n) is 5.06. The van der Waals surface area contributed by atoms with Gasteiger partial charge in [0.1, 0.15) is 0 Å². The molecule has 1 fully saturated rings. The van der Waals surface area contributed by atoms with Crippen molar-refractivity contribution in [2.75, 3.05) is 7.11 Å². The molecular formula is C13H20O2. The van der Waals surface area contributed by atoms with Crippen molar-refractivity contribution >= 4 is 5.78 Å². The van der Waals surface area contributed by atoms with Gasteiger partial charge in [-0.3, -0.25) is 4.79 Å². The molecule has 1 saturated carbocycles. The highest BCUT2D eigenvalue weighted by atomic mass is 16.5. The fourth-order valence-electron chi connectivity index (χ4n) is 3.30. The van der Waals surface area contributed by atoms with Crippen LogP contribution < -0.4 is 0 Å². The summed E-state index contributed by atoms with van der Waals surface area (Å²) < 4.78 is 5.60. The second-order valence-corrected chi connectivity index (χ2v) is 5.06. The molecule has 2 rings (SSSR count). The van der Waals surface area contributed by atoms with Crippen molar-refractivity contribution in [1.82, 2.24) is 0 Å². The monoisotopic (exact) mass is 208 g/mol. The normalized spacial score (nSPS) is 36.7. The average Bonchev–Trinajstić information content (AvgIpc) is 2.24. The Hall–Kier alpha value is -0.630. The molecule has 0 aliphatic heterocycles. The van der Waals surface area contributed by atoms with Gasteiger partial charge in [0, 0.05) is 18.9 Å². The van der Waals surface area contributed by atoms with E-state index >= 15 is 0 Å². The minimum Gasteiger partial charge on any atom is -0.381 e. The van der Waals surface area contributed by atoms with E-state index in [9.17, 15) is 4.79 Å². The molecule has 15 heavy (non-hydrogen) atoms. The molecule has 2 nitrogen and oxygen atoms in total. The smallest absolute Gasteiger partial charge is 0.158 e. The quantitative estimate of drug-likeness (QED) is 0.662. The fraction of sp³-hybridized carbons (Fsp3) is 0.769. The van der Waals surface area contributed by atoms with Crippen LogP contribution in [0.25, 0.3) is 0 Å². The van der Waals surface area contributed by atoms with E-state index in [-0.39, 0.29) is 5.41 Å². The molecule has 0 amide bonds. The maximum absolute atomic E-state index is 11.7. The molecule has 2 atom stereocenters. The lowest BCUT2D eigenvalue weighted by Gasteiger charge is -2.46. The van der Waals surface area contributed by atoms with Crippen LogP contribution >= 0.6 is 0 Å². The molecule has 0 aromatic rings. The predicted molar refractivity (Wildman–Crippen MR) is 59.7 cm³/mol. The Bertz CT molecular complexity index is 316. The summed E-state index contributed by atoms with van der Waals surface area (Å²) >= 11 is 0. The minimum absolute atomic E-state index is 0.130. The predicted octanol–water partition coefficient (Wildman–Crippen LogP) is 2.87. The SMILES string of the molecule is COC1CCCC2=C(C)C(=O)CCC21C. The van der Waals surface area contributed by atoms with Gasteiger partial charge in [0.05, 0.1) is 6.10 Å². The van der Waals surface area contributed by atoms with Gasteiger partial charge in [-0.1, -0.05) is 12.5 Å². The molecule has 2 heteroatoms. The lowest BCUT2D eigenvalue weighted by molar-refractivity contribution is -0.118. The van der Waals surface area contributed by atoms with Crippen LogP contribution in [0, 0.1) is 5.41 Å². The van der Waals surface area contributed by atoms with Crippen molar-refractivity contribution in [2.45, 2.75) is 52.1 Å². The number of Topliss-reactive ketones (excluding diaryl/α,β-unsaturated/α-hetero) is 1. The van der Waals surface area contributed by atoms with Crippen LogP contribution in [-0.4, -0.2) is 19.0 Å². The third-order valence-corrected chi connectivity index (χ3v) is 4.32. The molecule has 0 aromatic heterocycles. The lowest BCUT2D eigenvalue weighted by Crippen LogP contribution is -2.42. The second kappa shape index (κ2) is 3.75. The zero-order valence-corrected chi connectivity index (χ0v) is 9.93. The number of carbonyl (C=O) groups is 1. The highest BCUT2D eigenvalue weighted by Crippen LogP contribution is 2.49. The number of methoxy groups -OCH3 is 1. The van der Waals surface area contributed by atoms with Crippen molar-refractivity contribution in [1.29, 1.82) is 0 Å². The van der Waals surface area contributed by atoms with Gasteiger partial charge < -0.3 is 4.74 Å². The minimum atomic E-state index is 0.130. The van der Waals surface area contributed by atoms with Gasteiger partial charge in [-0.25, -0.2) is 0 Å². The first-order chi connectivity index (χ1) is 7.09. The zero-order valence-electron chi connectivity index (χ0n) is 9.93.